The van der Waals surface area contributed by atoms with Crippen molar-refractivity contribution in [3.8, 4) is 22.4 Å². The lowest BCUT2D eigenvalue weighted by Gasteiger charge is -2.06. The average Bonchev–Trinajstić information content (AvgIpc) is 3.11. The highest BCUT2D eigenvalue weighted by Crippen LogP contribution is 2.40. The van der Waals surface area contributed by atoms with Crippen LogP contribution in [-0.4, -0.2) is 4.98 Å². The van der Waals surface area contributed by atoms with Gasteiger partial charge in [-0.05, 0) is 17.2 Å². The van der Waals surface area contributed by atoms with E-state index in [2.05, 4.69) is 17.1 Å². The van der Waals surface area contributed by atoms with Crippen LogP contribution in [0.25, 0.3) is 44.3 Å². The van der Waals surface area contributed by atoms with E-state index in [9.17, 15) is 4.79 Å². The third-order valence-electron chi connectivity index (χ3n) is 4.69. The Kier molecular flexibility index (Phi) is 3.25. The lowest BCUT2D eigenvalue weighted by atomic mass is 9.97. The number of hydrogen-bond donors (Lipinski definition) is 1. The van der Waals surface area contributed by atoms with Gasteiger partial charge in [-0.3, -0.25) is 0 Å². The molecule has 0 saturated heterocycles. The molecule has 3 aromatic carbocycles. The van der Waals surface area contributed by atoms with E-state index in [4.69, 9.17) is 4.42 Å². The number of aromatic nitrogens is 1. The molecule has 5 aromatic rings. The van der Waals surface area contributed by atoms with E-state index in [1.165, 1.54) is 0 Å². The number of aromatic amines is 1. The molecule has 0 atom stereocenters. The standard InChI is InChI=1S/C23H15NO2/c25-23-22-20(17-13-7-8-14-18(17)26-23)19(15-9-3-1-4-10-15)21(24-22)16-11-5-2-6-12-16/h1-14,24H. The number of para-hydroxylation sites is 1. The molecule has 0 aliphatic carbocycles. The molecule has 2 heterocycles. The number of H-pyrrole nitrogens is 1. The molecular weight excluding hydrogens is 322 g/mol. The summed E-state index contributed by atoms with van der Waals surface area (Å²) in [5.41, 5.74) is 4.80. The molecule has 2 aromatic heterocycles. The lowest BCUT2D eigenvalue weighted by molar-refractivity contribution is 0.568. The van der Waals surface area contributed by atoms with Crippen molar-refractivity contribution in [2.75, 3.05) is 0 Å². The highest BCUT2D eigenvalue weighted by atomic mass is 16.4. The summed E-state index contributed by atoms with van der Waals surface area (Å²) in [5.74, 6) is 0. The molecule has 0 aliphatic heterocycles. The molecule has 0 radical (unpaired) electrons. The van der Waals surface area contributed by atoms with E-state index in [1.807, 2.05) is 72.8 Å². The minimum atomic E-state index is -0.349. The fourth-order valence-corrected chi connectivity index (χ4v) is 3.55. The molecular formula is C23H15NO2. The maximum atomic E-state index is 12.6. The van der Waals surface area contributed by atoms with Crippen LogP contribution in [0.4, 0.5) is 0 Å². The topological polar surface area (TPSA) is 46.0 Å². The Bertz CT molecular complexity index is 1280. The Morgan fingerprint density at radius 2 is 1.31 bits per heavy atom. The number of fused-ring (bicyclic) bond motifs is 3. The Morgan fingerprint density at radius 3 is 2.04 bits per heavy atom. The van der Waals surface area contributed by atoms with Crippen LogP contribution in [0.1, 0.15) is 0 Å². The molecule has 0 aliphatic rings. The van der Waals surface area contributed by atoms with Crippen molar-refractivity contribution in [3.05, 3.63) is 95.3 Å². The molecule has 3 heteroatoms. The monoisotopic (exact) mass is 337 g/mol. The predicted octanol–water partition coefficient (Wildman–Crippen LogP) is 5.61. The molecule has 0 amide bonds. The zero-order valence-corrected chi connectivity index (χ0v) is 13.9. The van der Waals surface area contributed by atoms with Crippen LogP contribution >= 0.6 is 0 Å². The van der Waals surface area contributed by atoms with Gasteiger partial charge >= 0.3 is 5.63 Å². The van der Waals surface area contributed by atoms with Crippen LogP contribution in [0.3, 0.4) is 0 Å². The summed E-state index contributed by atoms with van der Waals surface area (Å²) in [7, 11) is 0. The van der Waals surface area contributed by atoms with Crippen molar-refractivity contribution >= 4 is 21.9 Å². The van der Waals surface area contributed by atoms with Crippen LogP contribution < -0.4 is 5.63 Å². The summed E-state index contributed by atoms with van der Waals surface area (Å²) in [6.07, 6.45) is 0. The molecule has 124 valence electrons. The highest BCUT2D eigenvalue weighted by Gasteiger charge is 2.20. The van der Waals surface area contributed by atoms with Crippen molar-refractivity contribution in [2.45, 2.75) is 0 Å². The summed E-state index contributed by atoms with van der Waals surface area (Å²) >= 11 is 0. The zero-order valence-electron chi connectivity index (χ0n) is 13.9. The molecule has 26 heavy (non-hydrogen) atoms. The SMILES string of the molecule is O=c1oc2ccccc2c2c(-c3ccccc3)c(-c3ccccc3)[nH]c12. The third-order valence-corrected chi connectivity index (χ3v) is 4.69. The second-order valence-corrected chi connectivity index (χ2v) is 6.24. The van der Waals surface area contributed by atoms with Gasteiger partial charge in [0.15, 0.2) is 0 Å². The molecule has 0 spiro atoms. The lowest BCUT2D eigenvalue weighted by Crippen LogP contribution is -1.99. The van der Waals surface area contributed by atoms with Crippen LogP contribution in [0.5, 0.6) is 0 Å². The smallest absolute Gasteiger partial charge is 0.360 e. The Labute approximate surface area is 149 Å². The van der Waals surface area contributed by atoms with Crippen molar-refractivity contribution in [3.63, 3.8) is 0 Å². The van der Waals surface area contributed by atoms with Gasteiger partial charge in [0.25, 0.3) is 0 Å². The van der Waals surface area contributed by atoms with Gasteiger partial charge in [0.1, 0.15) is 11.1 Å². The first-order chi connectivity index (χ1) is 12.8. The van der Waals surface area contributed by atoms with Crippen LogP contribution in [-0.2, 0) is 0 Å². The van der Waals surface area contributed by atoms with Crippen molar-refractivity contribution < 1.29 is 4.42 Å². The highest BCUT2D eigenvalue weighted by molar-refractivity contribution is 6.15. The maximum absolute atomic E-state index is 12.6. The summed E-state index contributed by atoms with van der Waals surface area (Å²) in [6.45, 7) is 0. The molecule has 1 N–H and O–H groups in total. The van der Waals surface area contributed by atoms with Crippen molar-refractivity contribution in [1.82, 2.24) is 4.98 Å². The number of benzene rings is 3. The number of nitrogens with one attached hydrogen (secondary N) is 1. The van der Waals surface area contributed by atoms with Gasteiger partial charge in [0.2, 0.25) is 0 Å². The van der Waals surface area contributed by atoms with E-state index in [-0.39, 0.29) is 5.63 Å². The molecule has 0 unspecified atom stereocenters. The van der Waals surface area contributed by atoms with Crippen LogP contribution in [0, 0.1) is 0 Å². The van der Waals surface area contributed by atoms with Gasteiger partial charge in [-0.1, -0.05) is 78.9 Å². The van der Waals surface area contributed by atoms with Gasteiger partial charge in [-0.2, -0.15) is 0 Å². The Hall–Kier alpha value is -3.59. The Morgan fingerprint density at radius 1 is 0.692 bits per heavy atom. The van der Waals surface area contributed by atoms with Gasteiger partial charge < -0.3 is 9.40 Å². The second-order valence-electron chi connectivity index (χ2n) is 6.24. The quantitative estimate of drug-likeness (QED) is 0.426. The molecule has 0 fully saturated rings. The molecule has 0 saturated carbocycles. The summed E-state index contributed by atoms with van der Waals surface area (Å²) in [4.78, 5) is 16.0. The van der Waals surface area contributed by atoms with E-state index in [0.717, 1.165) is 33.2 Å². The van der Waals surface area contributed by atoms with E-state index < -0.39 is 0 Å². The van der Waals surface area contributed by atoms with E-state index >= 15 is 0 Å². The van der Waals surface area contributed by atoms with Gasteiger partial charge in [-0.25, -0.2) is 4.79 Å². The van der Waals surface area contributed by atoms with Crippen LogP contribution in [0.15, 0.2) is 94.1 Å². The maximum Gasteiger partial charge on any atom is 0.360 e. The average molecular weight is 337 g/mol. The van der Waals surface area contributed by atoms with Crippen molar-refractivity contribution in [2.24, 2.45) is 0 Å². The number of hydrogen-bond acceptors (Lipinski definition) is 2. The Balaban J connectivity index is 2.02. The first-order valence-corrected chi connectivity index (χ1v) is 8.51. The summed E-state index contributed by atoms with van der Waals surface area (Å²) in [6, 6.07) is 27.9. The summed E-state index contributed by atoms with van der Waals surface area (Å²) in [5, 5.41) is 1.83. The first-order valence-electron chi connectivity index (χ1n) is 8.51. The molecule has 3 nitrogen and oxygen atoms in total. The first kappa shape index (κ1) is 14.7. The fourth-order valence-electron chi connectivity index (χ4n) is 3.55. The van der Waals surface area contributed by atoms with E-state index in [1.54, 1.807) is 0 Å². The van der Waals surface area contributed by atoms with Gasteiger partial charge in [0.05, 0.1) is 5.69 Å². The normalized spacial score (nSPS) is 11.2. The second kappa shape index (κ2) is 5.74. The predicted molar refractivity (Wildman–Crippen MR) is 105 cm³/mol. The minimum Gasteiger partial charge on any atom is -0.421 e. The largest absolute Gasteiger partial charge is 0.421 e. The summed E-state index contributed by atoms with van der Waals surface area (Å²) < 4.78 is 5.53. The van der Waals surface area contributed by atoms with E-state index in [0.29, 0.717) is 11.1 Å². The zero-order chi connectivity index (χ0) is 17.5. The minimum absolute atomic E-state index is 0.349. The van der Waals surface area contributed by atoms with Gasteiger partial charge in [-0.15, -0.1) is 0 Å². The molecule has 0 bridgehead atoms. The third kappa shape index (κ3) is 2.18. The van der Waals surface area contributed by atoms with Crippen LogP contribution in [0.2, 0.25) is 0 Å². The van der Waals surface area contributed by atoms with Crippen molar-refractivity contribution in [1.29, 1.82) is 0 Å². The fraction of sp³-hybridized carbons (Fsp3) is 0. The molecule has 5 rings (SSSR count). The number of rotatable bonds is 2. The van der Waals surface area contributed by atoms with Gasteiger partial charge in [0, 0.05) is 16.3 Å².